The van der Waals surface area contributed by atoms with Gasteiger partial charge < -0.3 is 10.6 Å². The van der Waals surface area contributed by atoms with Gasteiger partial charge >= 0.3 is 0 Å². The van der Waals surface area contributed by atoms with E-state index in [2.05, 4.69) is 33.5 Å². The van der Waals surface area contributed by atoms with E-state index in [1.54, 1.807) is 12.1 Å². The number of halogens is 3. The number of carbonyl (C=O) groups excluding carboxylic acids is 1. The molecule has 18 heavy (non-hydrogen) atoms. The van der Waals surface area contributed by atoms with Crippen LogP contribution in [0.4, 0.5) is 5.69 Å². The number of carbonyl (C=O) groups is 1. The van der Waals surface area contributed by atoms with Crippen molar-refractivity contribution in [2.24, 2.45) is 11.8 Å². The molecule has 0 aromatic heterocycles. The zero-order chi connectivity index (χ0) is 13.3. The molecular formula is C12H13BrCl2N2O. The Bertz CT molecular complexity index is 481. The van der Waals surface area contributed by atoms with Gasteiger partial charge in [-0.1, -0.05) is 30.1 Å². The van der Waals surface area contributed by atoms with Crippen molar-refractivity contribution in [3.63, 3.8) is 0 Å². The van der Waals surface area contributed by atoms with Crippen LogP contribution in [0.25, 0.3) is 0 Å². The lowest BCUT2D eigenvalue weighted by Crippen LogP contribution is -2.27. The predicted octanol–water partition coefficient (Wildman–Crippen LogP) is 3.55. The second-order valence-electron chi connectivity index (χ2n) is 4.45. The molecule has 0 spiro atoms. The summed E-state index contributed by atoms with van der Waals surface area (Å²) in [6.07, 6.45) is 0. The van der Waals surface area contributed by atoms with E-state index in [-0.39, 0.29) is 11.8 Å². The molecule has 1 saturated heterocycles. The zero-order valence-electron chi connectivity index (χ0n) is 9.77. The number of nitrogens with one attached hydrogen (secondary N) is 2. The van der Waals surface area contributed by atoms with Gasteiger partial charge in [-0.15, -0.1) is 0 Å². The topological polar surface area (TPSA) is 41.1 Å². The lowest BCUT2D eigenvalue weighted by Gasteiger charge is -2.15. The molecule has 6 heteroatoms. The highest BCUT2D eigenvalue weighted by atomic mass is 79.9. The molecule has 1 fully saturated rings. The smallest absolute Gasteiger partial charge is 0.229 e. The van der Waals surface area contributed by atoms with Crippen LogP contribution in [0.15, 0.2) is 16.6 Å². The Balaban J connectivity index is 2.14. The largest absolute Gasteiger partial charge is 0.324 e. The van der Waals surface area contributed by atoms with Crippen LogP contribution in [0, 0.1) is 11.8 Å². The number of amides is 1. The Kier molecular flexibility index (Phi) is 4.54. The van der Waals surface area contributed by atoms with Gasteiger partial charge in [0, 0.05) is 11.0 Å². The van der Waals surface area contributed by atoms with Gasteiger partial charge in [-0.3, -0.25) is 4.79 Å². The standard InChI is InChI=1S/C12H13BrCl2N2O/c1-6-4-16-5-7(6)12(18)17-9-3-2-8(13)10(14)11(9)15/h2-3,6-7,16H,4-5H2,1H3,(H,17,18)/t6-,7-/m1/s1. The first-order valence-electron chi connectivity index (χ1n) is 5.65. The summed E-state index contributed by atoms with van der Waals surface area (Å²) in [6, 6.07) is 3.50. The van der Waals surface area contributed by atoms with E-state index in [4.69, 9.17) is 23.2 Å². The molecule has 1 heterocycles. The monoisotopic (exact) mass is 350 g/mol. The minimum absolute atomic E-state index is 0.0206. The summed E-state index contributed by atoms with van der Waals surface area (Å²) in [5.74, 6) is 0.283. The molecule has 0 bridgehead atoms. The Morgan fingerprint density at radius 2 is 2.11 bits per heavy atom. The Morgan fingerprint density at radius 3 is 2.72 bits per heavy atom. The molecule has 1 amide bonds. The molecule has 3 nitrogen and oxygen atoms in total. The van der Waals surface area contributed by atoms with E-state index in [0.29, 0.717) is 32.7 Å². The molecule has 2 N–H and O–H groups in total. The van der Waals surface area contributed by atoms with Crippen LogP contribution in [0.3, 0.4) is 0 Å². The summed E-state index contributed by atoms with van der Waals surface area (Å²) in [5, 5.41) is 6.80. The van der Waals surface area contributed by atoms with Crippen molar-refractivity contribution in [1.82, 2.24) is 5.32 Å². The van der Waals surface area contributed by atoms with Crippen molar-refractivity contribution in [2.75, 3.05) is 18.4 Å². The Morgan fingerprint density at radius 1 is 1.39 bits per heavy atom. The maximum atomic E-state index is 12.1. The highest BCUT2D eigenvalue weighted by molar-refractivity contribution is 9.10. The molecular weight excluding hydrogens is 339 g/mol. The van der Waals surface area contributed by atoms with Crippen molar-refractivity contribution in [2.45, 2.75) is 6.92 Å². The summed E-state index contributed by atoms with van der Waals surface area (Å²) in [7, 11) is 0. The minimum Gasteiger partial charge on any atom is -0.324 e. The van der Waals surface area contributed by atoms with E-state index >= 15 is 0 Å². The van der Waals surface area contributed by atoms with E-state index in [1.807, 2.05) is 0 Å². The summed E-state index contributed by atoms with van der Waals surface area (Å²) in [4.78, 5) is 12.1. The highest BCUT2D eigenvalue weighted by Crippen LogP contribution is 2.36. The number of benzene rings is 1. The molecule has 1 aliphatic rings. The maximum absolute atomic E-state index is 12.1. The molecule has 1 aromatic carbocycles. The van der Waals surface area contributed by atoms with Crippen molar-refractivity contribution in [1.29, 1.82) is 0 Å². The van der Waals surface area contributed by atoms with Crippen LogP contribution in [-0.4, -0.2) is 19.0 Å². The molecule has 98 valence electrons. The fourth-order valence-corrected chi connectivity index (χ4v) is 2.83. The third-order valence-electron chi connectivity index (χ3n) is 3.15. The van der Waals surface area contributed by atoms with Crippen molar-refractivity contribution >= 4 is 50.7 Å². The van der Waals surface area contributed by atoms with Crippen molar-refractivity contribution < 1.29 is 4.79 Å². The first-order valence-corrected chi connectivity index (χ1v) is 7.20. The van der Waals surface area contributed by atoms with Crippen LogP contribution in [0.2, 0.25) is 10.0 Å². The van der Waals surface area contributed by atoms with Crippen LogP contribution in [-0.2, 0) is 4.79 Å². The molecule has 2 atom stereocenters. The third-order valence-corrected chi connectivity index (χ3v) is 4.92. The number of anilines is 1. The molecule has 2 rings (SSSR count). The SMILES string of the molecule is C[C@@H]1CNC[C@H]1C(=O)Nc1ccc(Br)c(Cl)c1Cl. The first kappa shape index (κ1) is 14.1. The average molecular weight is 352 g/mol. The third kappa shape index (κ3) is 2.82. The van der Waals surface area contributed by atoms with Crippen molar-refractivity contribution in [3.05, 3.63) is 26.7 Å². The van der Waals surface area contributed by atoms with E-state index in [0.717, 1.165) is 6.54 Å². The van der Waals surface area contributed by atoms with Gasteiger partial charge in [0.05, 0.1) is 21.7 Å². The quantitative estimate of drug-likeness (QED) is 0.800. The van der Waals surface area contributed by atoms with Gasteiger partial charge in [0.15, 0.2) is 0 Å². The highest BCUT2D eigenvalue weighted by Gasteiger charge is 2.29. The fourth-order valence-electron chi connectivity index (χ4n) is 2.01. The molecule has 1 aromatic rings. The van der Waals surface area contributed by atoms with Gasteiger partial charge in [0.2, 0.25) is 5.91 Å². The van der Waals surface area contributed by atoms with Crippen LogP contribution >= 0.6 is 39.1 Å². The summed E-state index contributed by atoms with van der Waals surface area (Å²) in [5.41, 5.74) is 0.550. The van der Waals surface area contributed by atoms with Gasteiger partial charge in [-0.05, 0) is 40.5 Å². The summed E-state index contributed by atoms with van der Waals surface area (Å²) in [6.45, 7) is 3.63. The lowest BCUT2D eigenvalue weighted by atomic mass is 9.97. The van der Waals surface area contributed by atoms with E-state index in [9.17, 15) is 4.79 Å². The fraction of sp³-hybridized carbons (Fsp3) is 0.417. The van der Waals surface area contributed by atoms with E-state index < -0.39 is 0 Å². The number of hydrogen-bond acceptors (Lipinski definition) is 2. The maximum Gasteiger partial charge on any atom is 0.229 e. The lowest BCUT2D eigenvalue weighted by molar-refractivity contribution is -0.120. The molecule has 0 unspecified atom stereocenters. The molecule has 0 saturated carbocycles. The Labute approximate surface area is 124 Å². The van der Waals surface area contributed by atoms with Crippen LogP contribution < -0.4 is 10.6 Å². The minimum atomic E-state index is -0.0245. The summed E-state index contributed by atoms with van der Waals surface area (Å²) < 4.78 is 0.711. The second kappa shape index (κ2) is 5.78. The molecule has 0 radical (unpaired) electrons. The number of rotatable bonds is 2. The summed E-state index contributed by atoms with van der Waals surface area (Å²) >= 11 is 15.4. The normalized spacial score (nSPS) is 23.1. The van der Waals surface area contributed by atoms with Gasteiger partial charge in [0.1, 0.15) is 0 Å². The number of hydrogen-bond donors (Lipinski definition) is 2. The van der Waals surface area contributed by atoms with Gasteiger partial charge in [-0.2, -0.15) is 0 Å². The Hall–Kier alpha value is -0.290. The second-order valence-corrected chi connectivity index (χ2v) is 6.06. The van der Waals surface area contributed by atoms with Crippen LogP contribution in [0.5, 0.6) is 0 Å². The predicted molar refractivity (Wildman–Crippen MR) is 78.3 cm³/mol. The molecule has 1 aliphatic heterocycles. The average Bonchev–Trinajstić information content (AvgIpc) is 2.76. The van der Waals surface area contributed by atoms with E-state index in [1.165, 1.54) is 0 Å². The van der Waals surface area contributed by atoms with Gasteiger partial charge in [0.25, 0.3) is 0 Å². The zero-order valence-corrected chi connectivity index (χ0v) is 12.9. The molecule has 0 aliphatic carbocycles. The van der Waals surface area contributed by atoms with Gasteiger partial charge in [-0.25, -0.2) is 0 Å². The van der Waals surface area contributed by atoms with Crippen molar-refractivity contribution in [3.8, 4) is 0 Å². The van der Waals surface area contributed by atoms with Crippen LogP contribution in [0.1, 0.15) is 6.92 Å². The first-order chi connectivity index (χ1) is 8.50.